The molecule has 0 spiro atoms. The van der Waals surface area contributed by atoms with E-state index in [9.17, 15) is 4.79 Å². The second-order valence-electron chi connectivity index (χ2n) is 3.59. The molecular formula is C9H16O3. The van der Waals surface area contributed by atoms with Gasteiger partial charge in [0, 0.05) is 0 Å². The lowest BCUT2D eigenvalue weighted by molar-refractivity contribution is -0.147. The fraction of sp³-hybridized carbons (Fsp3) is 0.889. The van der Waals surface area contributed by atoms with E-state index in [4.69, 9.17) is 10.2 Å². The van der Waals surface area contributed by atoms with Gasteiger partial charge < -0.3 is 10.2 Å². The minimum atomic E-state index is -1.15. The highest BCUT2D eigenvalue weighted by Crippen LogP contribution is 2.27. The number of hydrogen-bond donors (Lipinski definition) is 2. The van der Waals surface area contributed by atoms with Crippen LogP contribution in [-0.4, -0.2) is 22.3 Å². The van der Waals surface area contributed by atoms with Crippen molar-refractivity contribution in [3.05, 3.63) is 0 Å². The molecular weight excluding hydrogens is 156 g/mol. The van der Waals surface area contributed by atoms with Gasteiger partial charge in [0.15, 0.2) is 6.10 Å². The maximum Gasteiger partial charge on any atom is 0.332 e. The fourth-order valence-corrected chi connectivity index (χ4v) is 1.84. The van der Waals surface area contributed by atoms with Gasteiger partial charge in [-0.05, 0) is 12.3 Å². The Bertz CT molecular complexity index is 150. The zero-order valence-corrected chi connectivity index (χ0v) is 7.20. The van der Waals surface area contributed by atoms with Gasteiger partial charge in [-0.15, -0.1) is 0 Å². The molecule has 0 saturated heterocycles. The van der Waals surface area contributed by atoms with Gasteiger partial charge in [0.05, 0.1) is 0 Å². The van der Waals surface area contributed by atoms with Crippen LogP contribution in [0.1, 0.15) is 38.5 Å². The fourth-order valence-electron chi connectivity index (χ4n) is 1.84. The zero-order valence-electron chi connectivity index (χ0n) is 7.20. The van der Waals surface area contributed by atoms with E-state index < -0.39 is 12.1 Å². The molecule has 0 bridgehead atoms. The second-order valence-corrected chi connectivity index (χ2v) is 3.59. The first kappa shape index (κ1) is 9.52. The molecule has 0 unspecified atom stereocenters. The summed E-state index contributed by atoms with van der Waals surface area (Å²) in [6, 6.07) is 0. The summed E-state index contributed by atoms with van der Waals surface area (Å²) in [7, 11) is 0. The molecule has 2 N–H and O–H groups in total. The van der Waals surface area contributed by atoms with Crippen molar-refractivity contribution in [2.45, 2.75) is 44.6 Å². The Morgan fingerprint density at radius 2 is 1.92 bits per heavy atom. The summed E-state index contributed by atoms with van der Waals surface area (Å²) in [4.78, 5) is 10.3. The van der Waals surface area contributed by atoms with Gasteiger partial charge in [-0.1, -0.05) is 32.1 Å². The van der Waals surface area contributed by atoms with E-state index in [-0.39, 0.29) is 0 Å². The smallest absolute Gasteiger partial charge is 0.332 e. The monoisotopic (exact) mass is 172 g/mol. The number of carbonyl (C=O) groups is 1. The minimum Gasteiger partial charge on any atom is -0.479 e. The van der Waals surface area contributed by atoms with Crippen LogP contribution in [0.5, 0.6) is 0 Å². The summed E-state index contributed by atoms with van der Waals surface area (Å²) < 4.78 is 0. The van der Waals surface area contributed by atoms with Gasteiger partial charge in [-0.3, -0.25) is 0 Å². The minimum absolute atomic E-state index is 0.435. The molecule has 0 heterocycles. The van der Waals surface area contributed by atoms with Gasteiger partial charge in [-0.25, -0.2) is 4.79 Å². The van der Waals surface area contributed by atoms with Crippen molar-refractivity contribution in [2.75, 3.05) is 0 Å². The van der Waals surface area contributed by atoms with Crippen LogP contribution in [0.2, 0.25) is 0 Å². The van der Waals surface area contributed by atoms with Gasteiger partial charge >= 0.3 is 5.97 Å². The normalized spacial score (nSPS) is 22.1. The van der Waals surface area contributed by atoms with E-state index in [0.717, 1.165) is 12.8 Å². The zero-order chi connectivity index (χ0) is 8.97. The van der Waals surface area contributed by atoms with Gasteiger partial charge in [0.2, 0.25) is 0 Å². The second kappa shape index (κ2) is 4.45. The Labute approximate surface area is 72.4 Å². The quantitative estimate of drug-likeness (QED) is 0.676. The topological polar surface area (TPSA) is 57.5 Å². The lowest BCUT2D eigenvalue weighted by atomic mass is 9.85. The van der Waals surface area contributed by atoms with Crippen LogP contribution < -0.4 is 0 Å². The van der Waals surface area contributed by atoms with Gasteiger partial charge in [0.25, 0.3) is 0 Å². The van der Waals surface area contributed by atoms with E-state index in [1.54, 1.807) is 0 Å². The summed E-state index contributed by atoms with van der Waals surface area (Å²) in [5.41, 5.74) is 0. The Morgan fingerprint density at radius 3 is 2.42 bits per heavy atom. The van der Waals surface area contributed by atoms with Crippen LogP contribution in [-0.2, 0) is 4.79 Å². The molecule has 0 radical (unpaired) electrons. The van der Waals surface area contributed by atoms with Crippen molar-refractivity contribution in [1.82, 2.24) is 0 Å². The maximum absolute atomic E-state index is 10.3. The average molecular weight is 172 g/mol. The third-order valence-corrected chi connectivity index (χ3v) is 2.57. The molecule has 1 fully saturated rings. The number of hydrogen-bond acceptors (Lipinski definition) is 2. The molecule has 3 heteroatoms. The number of rotatable bonds is 3. The molecule has 0 aromatic rings. The highest BCUT2D eigenvalue weighted by atomic mass is 16.4. The number of aliphatic carboxylic acids is 1. The van der Waals surface area contributed by atoms with Crippen molar-refractivity contribution in [3.63, 3.8) is 0 Å². The molecule has 0 aromatic heterocycles. The van der Waals surface area contributed by atoms with E-state index >= 15 is 0 Å². The molecule has 1 aliphatic carbocycles. The van der Waals surface area contributed by atoms with Gasteiger partial charge in [0.1, 0.15) is 0 Å². The van der Waals surface area contributed by atoms with Crippen molar-refractivity contribution in [2.24, 2.45) is 5.92 Å². The number of aliphatic hydroxyl groups is 1. The summed E-state index contributed by atoms with van der Waals surface area (Å²) in [6.07, 6.45) is 5.12. The summed E-state index contributed by atoms with van der Waals surface area (Å²) in [5.74, 6) is -0.648. The van der Waals surface area contributed by atoms with Crippen molar-refractivity contribution in [1.29, 1.82) is 0 Å². The lowest BCUT2D eigenvalue weighted by Crippen LogP contribution is -2.24. The molecule has 3 nitrogen and oxygen atoms in total. The molecule has 1 rings (SSSR count). The van der Waals surface area contributed by atoms with Crippen molar-refractivity contribution >= 4 is 5.97 Å². The van der Waals surface area contributed by atoms with Gasteiger partial charge in [-0.2, -0.15) is 0 Å². The summed E-state index contributed by atoms with van der Waals surface area (Å²) in [5, 5.41) is 17.5. The van der Waals surface area contributed by atoms with Crippen LogP contribution in [0.15, 0.2) is 0 Å². The predicted octanol–water partition coefficient (Wildman–Crippen LogP) is 1.40. The Balaban J connectivity index is 2.24. The maximum atomic E-state index is 10.3. The standard InChI is InChI=1S/C9H16O3/c10-8(9(11)12)6-7-4-2-1-3-5-7/h7-8,10H,1-6H2,(H,11,12)/t8-/m1/s1. The van der Waals surface area contributed by atoms with Crippen molar-refractivity contribution < 1.29 is 15.0 Å². The van der Waals surface area contributed by atoms with Crippen LogP contribution in [0.3, 0.4) is 0 Å². The van der Waals surface area contributed by atoms with Crippen LogP contribution in [0, 0.1) is 5.92 Å². The molecule has 1 atom stereocenters. The van der Waals surface area contributed by atoms with Crippen LogP contribution >= 0.6 is 0 Å². The van der Waals surface area contributed by atoms with E-state index in [1.807, 2.05) is 0 Å². The number of carboxylic acids is 1. The third kappa shape index (κ3) is 2.81. The van der Waals surface area contributed by atoms with Crippen molar-refractivity contribution in [3.8, 4) is 0 Å². The SMILES string of the molecule is O=C(O)[C@H](O)CC1CCCCC1. The molecule has 0 amide bonds. The lowest BCUT2D eigenvalue weighted by Gasteiger charge is -2.22. The Kier molecular flexibility index (Phi) is 3.53. The molecule has 1 aliphatic rings. The molecule has 0 aliphatic heterocycles. The number of carboxylic acid groups (broad SMARTS) is 1. The first-order chi connectivity index (χ1) is 5.70. The Hall–Kier alpha value is -0.570. The molecule has 12 heavy (non-hydrogen) atoms. The van der Waals surface area contributed by atoms with E-state index in [2.05, 4.69) is 0 Å². The first-order valence-corrected chi connectivity index (χ1v) is 4.61. The predicted molar refractivity (Wildman–Crippen MR) is 44.8 cm³/mol. The summed E-state index contributed by atoms with van der Waals surface area (Å²) in [6.45, 7) is 0. The largest absolute Gasteiger partial charge is 0.479 e. The molecule has 70 valence electrons. The third-order valence-electron chi connectivity index (χ3n) is 2.57. The molecule has 1 saturated carbocycles. The summed E-state index contributed by atoms with van der Waals surface area (Å²) >= 11 is 0. The van der Waals surface area contributed by atoms with Crippen LogP contribution in [0.25, 0.3) is 0 Å². The highest BCUT2D eigenvalue weighted by molar-refractivity contribution is 5.71. The highest BCUT2D eigenvalue weighted by Gasteiger charge is 2.21. The Morgan fingerprint density at radius 1 is 1.33 bits per heavy atom. The molecule has 0 aromatic carbocycles. The van der Waals surface area contributed by atoms with Crippen LogP contribution in [0.4, 0.5) is 0 Å². The average Bonchev–Trinajstić information content (AvgIpc) is 2.06. The van der Waals surface area contributed by atoms with E-state index in [0.29, 0.717) is 12.3 Å². The number of aliphatic hydroxyl groups excluding tert-OH is 1. The first-order valence-electron chi connectivity index (χ1n) is 4.61. The van der Waals surface area contributed by atoms with E-state index in [1.165, 1.54) is 19.3 Å².